The lowest BCUT2D eigenvalue weighted by atomic mass is 9.67. The third kappa shape index (κ3) is 2.15. The van der Waals surface area contributed by atoms with Gasteiger partial charge in [0.1, 0.15) is 16.5 Å². The van der Waals surface area contributed by atoms with E-state index in [0.717, 1.165) is 30.2 Å². The molecule has 0 saturated heterocycles. The Morgan fingerprint density at radius 2 is 2.06 bits per heavy atom. The van der Waals surface area contributed by atoms with Crippen LogP contribution < -0.4 is 0 Å². The summed E-state index contributed by atoms with van der Waals surface area (Å²) < 4.78 is 51.0. The minimum atomic E-state index is -4.19. The molecular weight excluding hydrogens is 262 g/mol. The lowest BCUT2D eigenvalue weighted by Crippen LogP contribution is -2.07. The van der Waals surface area contributed by atoms with Crippen molar-refractivity contribution >= 4 is 24.9 Å². The molecule has 1 aromatic heterocycles. The summed E-state index contributed by atoms with van der Waals surface area (Å²) in [6.45, 7) is 0. The predicted molar refractivity (Wildman–Crippen MR) is 58.7 cm³/mol. The second-order valence-corrected chi connectivity index (χ2v) is 5.13. The maximum Gasteiger partial charge on any atom is 0.230 e. The highest BCUT2D eigenvalue weighted by Crippen LogP contribution is 2.21. The molecule has 18 heavy (non-hydrogen) atoms. The van der Waals surface area contributed by atoms with Gasteiger partial charge < -0.3 is 4.59 Å². The molecule has 0 bridgehead atoms. The molecule has 0 aliphatic rings. The van der Waals surface area contributed by atoms with E-state index in [-0.39, 0.29) is 0 Å². The normalized spacial score (nSPS) is 11.4. The van der Waals surface area contributed by atoms with Crippen LogP contribution in [0.3, 0.4) is 0 Å². The second kappa shape index (κ2) is 4.52. The summed E-state index contributed by atoms with van der Waals surface area (Å²) >= 11 is 0. The van der Waals surface area contributed by atoms with E-state index in [1.807, 2.05) is 0 Å². The molecule has 1 aromatic carbocycles. The van der Waals surface area contributed by atoms with Crippen LogP contribution in [0.4, 0.5) is 8.78 Å². The molecule has 0 atom stereocenters. The van der Waals surface area contributed by atoms with Crippen LogP contribution in [0.5, 0.6) is 0 Å². The van der Waals surface area contributed by atoms with Gasteiger partial charge >= 0.3 is 0 Å². The first-order valence-electron chi connectivity index (χ1n) is 4.62. The van der Waals surface area contributed by atoms with Gasteiger partial charge in [0.25, 0.3) is 0 Å². The Balaban J connectivity index is 2.54. The van der Waals surface area contributed by atoms with Crippen molar-refractivity contribution in [2.24, 2.45) is 0 Å². The Morgan fingerprint density at radius 3 is 2.61 bits per heavy atom. The maximum atomic E-state index is 13.4. The van der Waals surface area contributed by atoms with E-state index in [0.29, 0.717) is 6.07 Å². The van der Waals surface area contributed by atoms with Crippen molar-refractivity contribution in [3.8, 4) is 0 Å². The molecule has 0 fully saturated rings. The van der Waals surface area contributed by atoms with Gasteiger partial charge in [0.15, 0.2) is 0 Å². The van der Waals surface area contributed by atoms with Crippen molar-refractivity contribution in [1.29, 1.82) is 0 Å². The highest BCUT2D eigenvalue weighted by atomic mass is 32.2. The van der Waals surface area contributed by atoms with E-state index in [4.69, 9.17) is 7.74 Å². The Labute approximate surface area is 103 Å². The monoisotopic (exact) mass is 266 g/mol. The number of aromatic nitrogens is 3. The smallest absolute Gasteiger partial charge is 0.230 e. The molecule has 0 saturated carbocycles. The van der Waals surface area contributed by atoms with E-state index in [1.165, 1.54) is 0 Å². The molecule has 0 aliphatic heterocycles. The summed E-state index contributed by atoms with van der Waals surface area (Å²) in [4.78, 5) is -0.673. The Hall–Kier alpha value is -1.70. The number of sulfone groups is 1. The molecule has 1 heterocycles. The first-order valence-corrected chi connectivity index (χ1v) is 6.10. The van der Waals surface area contributed by atoms with Gasteiger partial charge in [-0.15, -0.1) is 5.10 Å². The van der Waals surface area contributed by atoms with Gasteiger partial charge in [0, 0.05) is 20.0 Å². The molecule has 5 nitrogen and oxygen atoms in total. The first-order chi connectivity index (χ1) is 8.45. The van der Waals surface area contributed by atoms with Crippen molar-refractivity contribution in [3.63, 3.8) is 0 Å². The molecule has 3 radical (unpaired) electrons. The van der Waals surface area contributed by atoms with Gasteiger partial charge in [-0.3, -0.25) is 0 Å². The predicted octanol–water partition coefficient (Wildman–Crippen LogP) is -0.0601. The van der Waals surface area contributed by atoms with Crippen molar-refractivity contribution in [1.82, 2.24) is 14.9 Å². The zero-order chi connectivity index (χ0) is 13.3. The summed E-state index contributed by atoms with van der Waals surface area (Å²) in [5.74, 6) is -2.06. The topological polar surface area (TPSA) is 64.8 Å². The average molecular weight is 266 g/mol. The number of hydrogen-bond acceptors (Lipinski definition) is 4. The lowest BCUT2D eigenvalue weighted by molar-refractivity contribution is 0.547. The zero-order valence-corrected chi connectivity index (χ0v) is 9.60. The minimum absolute atomic E-state index is 0.477. The number of nitrogens with zero attached hydrogens (tertiary/aromatic N) is 3. The van der Waals surface area contributed by atoms with Crippen molar-refractivity contribution in [3.05, 3.63) is 36.0 Å². The van der Waals surface area contributed by atoms with Crippen LogP contribution >= 0.6 is 0 Å². The second-order valence-electron chi connectivity index (χ2n) is 3.26. The van der Waals surface area contributed by atoms with Gasteiger partial charge in [0.2, 0.25) is 22.2 Å². The molecular formula is C8H4B2F2N3O2S. The van der Waals surface area contributed by atoms with Crippen LogP contribution in [0, 0.1) is 11.6 Å². The molecule has 10 heteroatoms. The third-order valence-electron chi connectivity index (χ3n) is 2.10. The van der Waals surface area contributed by atoms with Crippen LogP contribution in [0.2, 0.25) is 0 Å². The fourth-order valence-electron chi connectivity index (χ4n) is 1.26. The number of benzene rings is 1. The highest BCUT2D eigenvalue weighted by molar-refractivity contribution is 7.91. The third-order valence-corrected chi connectivity index (χ3v) is 3.75. The summed E-state index contributed by atoms with van der Waals surface area (Å²) in [5, 5.41) is 6.26. The SMILES string of the molecule is [B][B]n1cc(S(=O)(=O)c2ccc(F)cc2F)nn1. The Bertz CT molecular complexity index is 689. The molecule has 2 aromatic rings. The largest absolute Gasteiger partial charge is 0.313 e. The maximum absolute atomic E-state index is 13.4. The van der Waals surface area contributed by atoms with Gasteiger partial charge in [0.05, 0.1) is 0 Å². The van der Waals surface area contributed by atoms with Crippen LogP contribution in [0.25, 0.3) is 0 Å². The quantitative estimate of drug-likeness (QED) is 0.576. The van der Waals surface area contributed by atoms with Crippen LogP contribution in [0.15, 0.2) is 34.3 Å². The standard InChI is InChI=1S/C8H4B2F2N3O2S/c9-10-15-4-8(13-14-15)18(16,17)7-2-1-5(11)3-6(7)12/h1-4H. The minimum Gasteiger partial charge on any atom is -0.313 e. The Kier molecular flexibility index (Phi) is 3.20. The van der Waals surface area contributed by atoms with Crippen molar-refractivity contribution in [2.75, 3.05) is 0 Å². The van der Waals surface area contributed by atoms with Crippen LogP contribution in [-0.4, -0.2) is 38.4 Å². The molecule has 0 N–H and O–H groups in total. The Morgan fingerprint density at radius 1 is 1.33 bits per heavy atom. The van der Waals surface area contributed by atoms with E-state index < -0.39 is 31.4 Å². The van der Waals surface area contributed by atoms with Gasteiger partial charge in [-0.1, -0.05) is 5.21 Å². The average Bonchev–Trinajstić information content (AvgIpc) is 2.77. The summed E-state index contributed by atoms with van der Waals surface area (Å²) in [6, 6.07) is 2.15. The van der Waals surface area contributed by atoms with E-state index in [2.05, 4.69) is 10.3 Å². The van der Waals surface area contributed by atoms with Gasteiger partial charge in [-0.25, -0.2) is 17.2 Å². The van der Waals surface area contributed by atoms with Crippen molar-refractivity contribution < 1.29 is 17.2 Å². The van der Waals surface area contributed by atoms with E-state index in [1.54, 1.807) is 0 Å². The van der Waals surface area contributed by atoms with Crippen molar-refractivity contribution in [2.45, 2.75) is 9.92 Å². The fourth-order valence-corrected chi connectivity index (χ4v) is 2.44. The molecule has 89 valence electrons. The van der Waals surface area contributed by atoms with Crippen LogP contribution in [0.1, 0.15) is 0 Å². The molecule has 0 aliphatic carbocycles. The molecule has 0 unspecified atom stereocenters. The summed E-state index contributed by atoms with van der Waals surface area (Å²) in [6.07, 6.45) is 1.01. The summed E-state index contributed by atoms with van der Waals surface area (Å²) in [5.41, 5.74) is 0. The number of rotatable bonds is 3. The van der Waals surface area contributed by atoms with Gasteiger partial charge in [-0.05, 0) is 12.1 Å². The first kappa shape index (κ1) is 12.7. The fraction of sp³-hybridized carbons (Fsp3) is 0. The highest BCUT2D eigenvalue weighted by Gasteiger charge is 2.25. The van der Waals surface area contributed by atoms with Gasteiger partial charge in [-0.2, -0.15) is 0 Å². The van der Waals surface area contributed by atoms with Crippen LogP contribution in [-0.2, 0) is 9.84 Å². The molecule has 0 spiro atoms. The number of halogens is 2. The number of hydrogen-bond donors (Lipinski definition) is 0. The molecule has 0 amide bonds. The summed E-state index contributed by atoms with van der Waals surface area (Å²) in [7, 11) is 1.90. The molecule has 2 rings (SSSR count). The lowest BCUT2D eigenvalue weighted by Gasteiger charge is -2.02. The van der Waals surface area contributed by atoms with E-state index in [9.17, 15) is 17.2 Å². The van der Waals surface area contributed by atoms with E-state index >= 15 is 0 Å². The zero-order valence-electron chi connectivity index (χ0n) is 8.79.